The third kappa shape index (κ3) is 8.76. The number of nitrogens with zero attached hydrogens (tertiary/aromatic N) is 7. The molecule has 3 fully saturated rings. The van der Waals surface area contributed by atoms with Crippen molar-refractivity contribution in [2.75, 3.05) is 48.3 Å². The molecule has 3 aliphatic rings. The van der Waals surface area contributed by atoms with E-state index in [1.165, 1.54) is 16.9 Å². The second kappa shape index (κ2) is 16.7. The molecular weight excluding hydrogens is 752 g/mol. The lowest BCUT2D eigenvalue weighted by molar-refractivity contribution is -0.133. The number of nitrogens with one attached hydrogen (secondary N) is 3. The zero-order valence-corrected chi connectivity index (χ0v) is 33.5. The molecule has 0 bridgehead atoms. The van der Waals surface area contributed by atoms with E-state index in [-0.39, 0.29) is 42.1 Å². The average Bonchev–Trinajstić information content (AvgIpc) is 3.49. The highest BCUT2D eigenvalue weighted by atomic mass is 19.1. The lowest BCUT2D eigenvalue weighted by atomic mass is 9.87. The van der Waals surface area contributed by atoms with Crippen molar-refractivity contribution in [1.82, 2.24) is 34.5 Å². The van der Waals surface area contributed by atoms with E-state index in [1.807, 2.05) is 24.3 Å². The van der Waals surface area contributed by atoms with Crippen LogP contribution in [0.15, 0.2) is 84.3 Å². The number of allylic oxidation sites excluding steroid dienone is 1. The minimum Gasteiger partial charge on any atom is -0.384 e. The molecule has 0 saturated carbocycles. The predicted octanol–water partition coefficient (Wildman–Crippen LogP) is 5.59. The van der Waals surface area contributed by atoms with Crippen LogP contribution in [0.1, 0.15) is 69.5 Å². The van der Waals surface area contributed by atoms with Crippen molar-refractivity contribution >= 4 is 45.9 Å². The number of piperidine rings is 3. The summed E-state index contributed by atoms with van der Waals surface area (Å²) in [6, 6.07) is 18.1. The highest BCUT2D eigenvalue weighted by Gasteiger charge is 2.29. The van der Waals surface area contributed by atoms with Crippen molar-refractivity contribution in [2.45, 2.75) is 76.5 Å². The Kier molecular flexibility index (Phi) is 11.3. The third-order valence-electron chi connectivity index (χ3n) is 11.8. The zero-order chi connectivity index (χ0) is 41.3. The lowest BCUT2D eigenvalue weighted by Crippen LogP contribution is -2.47. The van der Waals surface area contributed by atoms with Crippen molar-refractivity contribution in [3.63, 3.8) is 0 Å². The van der Waals surface area contributed by atoms with E-state index in [4.69, 9.17) is 4.98 Å². The molecule has 308 valence electrons. The van der Waals surface area contributed by atoms with Crippen LogP contribution in [-0.2, 0) is 21.7 Å². The van der Waals surface area contributed by atoms with Crippen molar-refractivity contribution in [3.8, 4) is 5.82 Å². The number of imide groups is 1. The van der Waals surface area contributed by atoms with Crippen molar-refractivity contribution in [3.05, 3.63) is 107 Å². The molecule has 4 N–H and O–H groups in total. The molecule has 8 rings (SSSR count). The Hall–Kier alpha value is -5.93. The molecule has 2 aromatic carbocycles. The number of carbonyl (C=O) groups is 2. The fourth-order valence-electron chi connectivity index (χ4n) is 8.52. The smallest absolute Gasteiger partial charge is 0.278 e. The number of rotatable bonds is 12. The van der Waals surface area contributed by atoms with Gasteiger partial charge >= 0.3 is 0 Å². The van der Waals surface area contributed by atoms with Gasteiger partial charge in [0.2, 0.25) is 17.8 Å². The normalized spacial score (nSPS) is 18.6. The molecule has 3 saturated heterocycles. The Balaban J connectivity index is 0.838. The lowest BCUT2D eigenvalue weighted by Gasteiger charge is -2.38. The summed E-state index contributed by atoms with van der Waals surface area (Å²) in [5, 5.41) is 19.7. The topological polar surface area (TPSA) is 163 Å². The van der Waals surface area contributed by atoms with Gasteiger partial charge in [-0.15, -0.1) is 6.58 Å². The second-order valence-electron chi connectivity index (χ2n) is 16.4. The summed E-state index contributed by atoms with van der Waals surface area (Å²) in [6.07, 6.45) is 7.85. The van der Waals surface area contributed by atoms with Crippen LogP contribution in [0.25, 0.3) is 16.9 Å². The molecule has 14 nitrogen and oxygen atoms in total. The number of pyridine rings is 1. The minimum atomic E-state index is -1.17. The van der Waals surface area contributed by atoms with Crippen LogP contribution >= 0.6 is 0 Å². The second-order valence-corrected chi connectivity index (χ2v) is 16.4. The predicted molar refractivity (Wildman–Crippen MR) is 226 cm³/mol. The molecular formula is C44H51FN10O4. The number of benzene rings is 2. The largest absolute Gasteiger partial charge is 0.384 e. The highest BCUT2D eigenvalue weighted by Crippen LogP contribution is 2.33. The van der Waals surface area contributed by atoms with E-state index in [1.54, 1.807) is 42.8 Å². The monoisotopic (exact) mass is 802 g/mol. The maximum atomic E-state index is 15.3. The molecule has 0 unspecified atom stereocenters. The van der Waals surface area contributed by atoms with Gasteiger partial charge in [0.1, 0.15) is 22.8 Å². The fraction of sp³-hybridized carbons (Fsp3) is 0.409. The van der Waals surface area contributed by atoms with Gasteiger partial charge in [0.25, 0.3) is 5.56 Å². The molecule has 1 atom stereocenters. The van der Waals surface area contributed by atoms with Crippen LogP contribution in [0.5, 0.6) is 0 Å². The number of fused-ring (bicyclic) bond motifs is 1. The van der Waals surface area contributed by atoms with Crippen LogP contribution in [0.4, 0.5) is 27.4 Å². The number of aliphatic hydroxyl groups is 1. The summed E-state index contributed by atoms with van der Waals surface area (Å²) in [4.78, 5) is 55.8. The molecule has 0 radical (unpaired) electrons. The molecule has 3 aliphatic heterocycles. The highest BCUT2D eigenvalue weighted by molar-refractivity contribution is 6.01. The van der Waals surface area contributed by atoms with E-state index in [0.29, 0.717) is 46.5 Å². The van der Waals surface area contributed by atoms with Crippen molar-refractivity contribution < 1.29 is 19.1 Å². The van der Waals surface area contributed by atoms with Gasteiger partial charge < -0.3 is 25.5 Å². The number of hydrogen-bond donors (Lipinski definition) is 4. The van der Waals surface area contributed by atoms with Gasteiger partial charge in [-0.05, 0) is 125 Å². The van der Waals surface area contributed by atoms with Crippen molar-refractivity contribution in [2.24, 2.45) is 5.92 Å². The van der Waals surface area contributed by atoms with Crippen LogP contribution < -0.4 is 26.4 Å². The Morgan fingerprint density at radius 1 is 0.949 bits per heavy atom. The number of halogens is 1. The van der Waals surface area contributed by atoms with Gasteiger partial charge in [-0.25, -0.2) is 23.7 Å². The number of amides is 2. The first-order valence-electron chi connectivity index (χ1n) is 20.5. The number of carbonyl (C=O) groups excluding carboxylic acids is 2. The van der Waals surface area contributed by atoms with E-state index in [0.717, 1.165) is 75.3 Å². The van der Waals surface area contributed by atoms with E-state index in [9.17, 15) is 19.5 Å². The molecule has 5 aromatic rings. The van der Waals surface area contributed by atoms with Gasteiger partial charge in [-0.1, -0.05) is 18.2 Å². The number of likely N-dealkylation sites (tertiary alicyclic amines) is 1. The summed E-state index contributed by atoms with van der Waals surface area (Å²) in [7, 11) is 0. The first-order chi connectivity index (χ1) is 28.4. The number of hydrogen-bond acceptors (Lipinski definition) is 11. The van der Waals surface area contributed by atoms with E-state index < -0.39 is 11.6 Å². The molecule has 3 aromatic heterocycles. The van der Waals surface area contributed by atoms with Crippen LogP contribution in [0.2, 0.25) is 0 Å². The van der Waals surface area contributed by atoms with Gasteiger partial charge in [0, 0.05) is 49.3 Å². The number of aromatic nitrogens is 5. The summed E-state index contributed by atoms with van der Waals surface area (Å²) < 4.78 is 18.4. The van der Waals surface area contributed by atoms with Crippen LogP contribution in [0.3, 0.4) is 0 Å². The van der Waals surface area contributed by atoms with Gasteiger partial charge in [0.15, 0.2) is 11.5 Å². The molecule has 2 amide bonds. The van der Waals surface area contributed by atoms with Crippen molar-refractivity contribution in [1.29, 1.82) is 0 Å². The first kappa shape index (κ1) is 39.9. The third-order valence-corrected chi connectivity index (χ3v) is 11.8. The Bertz CT molecular complexity index is 2410. The van der Waals surface area contributed by atoms with Crippen LogP contribution in [-0.4, -0.2) is 84.9 Å². The Labute approximate surface area is 342 Å². The zero-order valence-electron chi connectivity index (χ0n) is 33.5. The van der Waals surface area contributed by atoms with Gasteiger partial charge in [-0.2, -0.15) is 4.98 Å². The summed E-state index contributed by atoms with van der Waals surface area (Å²) in [5.74, 6) is 0.656. The fourth-order valence-corrected chi connectivity index (χ4v) is 8.52. The summed E-state index contributed by atoms with van der Waals surface area (Å²) >= 11 is 0. The van der Waals surface area contributed by atoms with Gasteiger partial charge in [-0.3, -0.25) is 19.7 Å². The quantitative estimate of drug-likeness (QED) is 0.0920. The molecule has 6 heterocycles. The van der Waals surface area contributed by atoms with Crippen LogP contribution in [0, 0.1) is 11.7 Å². The standard InChI is InChI=1S/C44H51FN10O4/c1-4-20-54-42(58)34-26-46-43(51-40(34)55(54)38-7-5-6-37(49-38)44(2,3)59)48-30-8-11-32(12-9-30)53-23-16-28(17-24-53)27-52-21-18-29(19-22-52)33-13-10-31(25-35(33)45)47-36-14-15-39(56)50-41(36)57/h4-13,25-26,28-29,36,47,59H,1,14-24,27H2,2-3H3,(H,46,48,51)(H,50,56,57)/t36-/m1/s1. The number of anilines is 4. The Morgan fingerprint density at radius 2 is 1.69 bits per heavy atom. The maximum Gasteiger partial charge on any atom is 0.278 e. The summed E-state index contributed by atoms with van der Waals surface area (Å²) in [5.41, 5.74) is 2.66. The Morgan fingerprint density at radius 3 is 2.39 bits per heavy atom. The molecule has 15 heteroatoms. The minimum absolute atomic E-state index is 0.163. The van der Waals surface area contributed by atoms with Gasteiger partial charge in [0.05, 0.1) is 12.2 Å². The molecule has 0 spiro atoms. The maximum absolute atomic E-state index is 15.3. The van der Waals surface area contributed by atoms with E-state index >= 15 is 4.39 Å². The average molecular weight is 803 g/mol. The SMILES string of the molecule is C=CCn1c(=O)c2cnc(Nc3ccc(N4CCC(CN5CCC(c6ccc(N[C@@H]7CCC(=O)NC7=O)cc6F)CC5)CC4)cc3)nc2n1-c1cccc(C(C)(C)O)n1. The molecule has 59 heavy (non-hydrogen) atoms. The summed E-state index contributed by atoms with van der Waals surface area (Å²) in [6.45, 7) is 12.3. The molecule has 0 aliphatic carbocycles. The van der Waals surface area contributed by atoms with E-state index in [2.05, 4.69) is 54.4 Å². The first-order valence-corrected chi connectivity index (χ1v) is 20.5.